The van der Waals surface area contributed by atoms with Crippen molar-refractivity contribution in [3.05, 3.63) is 48.2 Å². The molecule has 0 aliphatic rings. The highest BCUT2D eigenvalue weighted by Crippen LogP contribution is 2.24. The molecule has 0 saturated carbocycles. The van der Waals surface area contributed by atoms with Gasteiger partial charge >= 0.3 is 0 Å². The fourth-order valence-electron chi connectivity index (χ4n) is 2.65. The number of hydrogen-bond donors (Lipinski definition) is 1. The van der Waals surface area contributed by atoms with Gasteiger partial charge in [-0.15, -0.1) is 10.2 Å². The number of hydrogen-bond acceptors (Lipinski definition) is 6. The van der Waals surface area contributed by atoms with E-state index in [2.05, 4.69) is 48.4 Å². The highest BCUT2D eigenvalue weighted by Gasteiger charge is 2.15. The number of nitrogens with zero attached hydrogens (tertiary/aromatic N) is 3. The number of rotatable bonds is 8. The molecule has 3 aromatic rings. The zero-order valence-electron chi connectivity index (χ0n) is 17.1. The topological polar surface area (TPSA) is 82.2 Å². The van der Waals surface area contributed by atoms with E-state index in [-0.39, 0.29) is 17.1 Å². The Hall–Kier alpha value is -2.74. The number of carbonyl (C=O) groups is 1. The van der Waals surface area contributed by atoms with Gasteiger partial charge in [-0.1, -0.05) is 44.7 Å². The number of benzene rings is 1. The van der Waals surface area contributed by atoms with Crippen molar-refractivity contribution in [1.29, 1.82) is 0 Å². The predicted molar refractivity (Wildman–Crippen MR) is 113 cm³/mol. The van der Waals surface area contributed by atoms with Crippen molar-refractivity contribution in [3.63, 3.8) is 0 Å². The standard InChI is InChI=1S/C21H26N4O3S/c1-21(2,3)15-7-9-16(10-8-15)27-13-11-22-18(26)14-29-20-24-23-19(25(20)4)17-6-5-12-28-17/h5-10,12H,11,13-14H2,1-4H3,(H,22,26). The van der Waals surface area contributed by atoms with Gasteiger partial charge in [0, 0.05) is 7.05 Å². The van der Waals surface area contributed by atoms with Crippen LogP contribution in [0.4, 0.5) is 0 Å². The van der Waals surface area contributed by atoms with Crippen molar-refractivity contribution in [1.82, 2.24) is 20.1 Å². The molecule has 0 unspecified atom stereocenters. The van der Waals surface area contributed by atoms with Crippen LogP contribution in [0.3, 0.4) is 0 Å². The molecule has 0 fully saturated rings. The molecular weight excluding hydrogens is 388 g/mol. The fourth-order valence-corrected chi connectivity index (χ4v) is 3.39. The maximum absolute atomic E-state index is 12.1. The molecule has 1 N–H and O–H groups in total. The lowest BCUT2D eigenvalue weighted by atomic mass is 9.87. The normalized spacial score (nSPS) is 11.4. The summed E-state index contributed by atoms with van der Waals surface area (Å²) in [6.07, 6.45) is 1.59. The van der Waals surface area contributed by atoms with Crippen molar-refractivity contribution >= 4 is 17.7 Å². The highest BCUT2D eigenvalue weighted by molar-refractivity contribution is 7.99. The molecule has 8 heteroatoms. The molecule has 0 aliphatic heterocycles. The summed E-state index contributed by atoms with van der Waals surface area (Å²) in [6.45, 7) is 7.38. The predicted octanol–water partition coefficient (Wildman–Crippen LogP) is 3.66. The molecule has 0 radical (unpaired) electrons. The second-order valence-corrected chi connectivity index (χ2v) is 8.55. The molecule has 1 aromatic carbocycles. The molecule has 0 saturated heterocycles. The molecule has 2 heterocycles. The van der Waals surface area contributed by atoms with Crippen LogP contribution >= 0.6 is 11.8 Å². The van der Waals surface area contributed by atoms with E-state index in [9.17, 15) is 4.79 Å². The van der Waals surface area contributed by atoms with E-state index in [1.165, 1.54) is 17.3 Å². The van der Waals surface area contributed by atoms with Crippen LogP contribution in [0.15, 0.2) is 52.2 Å². The summed E-state index contributed by atoms with van der Waals surface area (Å²) in [6, 6.07) is 11.7. The number of amides is 1. The fraction of sp³-hybridized carbons (Fsp3) is 0.381. The molecule has 7 nitrogen and oxygen atoms in total. The second kappa shape index (κ2) is 9.17. The Morgan fingerprint density at radius 2 is 1.97 bits per heavy atom. The summed E-state index contributed by atoms with van der Waals surface area (Å²) in [7, 11) is 1.84. The number of carbonyl (C=O) groups excluding carboxylic acids is 1. The maximum atomic E-state index is 12.1. The third-order valence-electron chi connectivity index (χ3n) is 4.32. The zero-order chi connectivity index (χ0) is 20.9. The third-order valence-corrected chi connectivity index (χ3v) is 5.34. The van der Waals surface area contributed by atoms with Gasteiger partial charge in [0.05, 0.1) is 18.6 Å². The van der Waals surface area contributed by atoms with Crippen LogP contribution in [0.5, 0.6) is 5.75 Å². The first-order chi connectivity index (χ1) is 13.8. The van der Waals surface area contributed by atoms with Crippen LogP contribution in [0.1, 0.15) is 26.3 Å². The minimum Gasteiger partial charge on any atom is -0.492 e. The molecule has 2 aromatic heterocycles. The van der Waals surface area contributed by atoms with Crippen LogP contribution in [0.2, 0.25) is 0 Å². The molecule has 3 rings (SSSR count). The Kier molecular flexibility index (Phi) is 6.64. The van der Waals surface area contributed by atoms with Crippen molar-refractivity contribution < 1.29 is 13.9 Å². The molecule has 0 spiro atoms. The Morgan fingerprint density at radius 3 is 2.62 bits per heavy atom. The van der Waals surface area contributed by atoms with Crippen molar-refractivity contribution in [2.75, 3.05) is 18.9 Å². The third kappa shape index (κ3) is 5.63. The summed E-state index contributed by atoms with van der Waals surface area (Å²) >= 11 is 1.33. The highest BCUT2D eigenvalue weighted by atomic mass is 32.2. The van der Waals surface area contributed by atoms with E-state index >= 15 is 0 Å². The summed E-state index contributed by atoms with van der Waals surface area (Å²) in [5.41, 5.74) is 1.38. The smallest absolute Gasteiger partial charge is 0.230 e. The number of nitrogens with one attached hydrogen (secondary N) is 1. The first-order valence-corrected chi connectivity index (χ1v) is 10.4. The summed E-state index contributed by atoms with van der Waals surface area (Å²) in [5.74, 6) is 2.24. The van der Waals surface area contributed by atoms with Crippen LogP contribution in [-0.4, -0.2) is 39.6 Å². The first-order valence-electron chi connectivity index (χ1n) is 9.41. The van der Waals surface area contributed by atoms with Gasteiger partial charge in [0.25, 0.3) is 0 Å². The lowest BCUT2D eigenvalue weighted by molar-refractivity contribution is -0.118. The number of aromatic nitrogens is 3. The largest absolute Gasteiger partial charge is 0.492 e. The molecular formula is C21H26N4O3S. The van der Waals surface area contributed by atoms with Crippen LogP contribution in [0, 0.1) is 0 Å². The van der Waals surface area contributed by atoms with E-state index in [1.54, 1.807) is 16.9 Å². The molecule has 0 aliphatic carbocycles. The SMILES string of the molecule is Cn1c(SCC(=O)NCCOc2ccc(C(C)(C)C)cc2)nnc1-c1ccco1. The Bertz CT molecular complexity index is 928. The van der Waals surface area contributed by atoms with E-state index in [0.717, 1.165) is 5.75 Å². The number of ether oxygens (including phenoxy) is 1. The van der Waals surface area contributed by atoms with E-state index in [4.69, 9.17) is 9.15 Å². The first kappa shape index (κ1) is 21.0. The molecule has 0 bridgehead atoms. The number of furan rings is 1. The van der Waals surface area contributed by atoms with Crippen molar-refractivity contribution in [2.24, 2.45) is 7.05 Å². The Morgan fingerprint density at radius 1 is 1.21 bits per heavy atom. The molecule has 0 atom stereocenters. The summed E-state index contributed by atoms with van der Waals surface area (Å²) < 4.78 is 12.8. The second-order valence-electron chi connectivity index (χ2n) is 7.60. The van der Waals surface area contributed by atoms with Gasteiger partial charge in [-0.2, -0.15) is 0 Å². The maximum Gasteiger partial charge on any atom is 0.230 e. The van der Waals surface area contributed by atoms with Crippen LogP contribution < -0.4 is 10.1 Å². The monoisotopic (exact) mass is 414 g/mol. The molecule has 154 valence electrons. The quantitative estimate of drug-likeness (QED) is 0.447. The summed E-state index contributed by atoms with van der Waals surface area (Å²) in [5, 5.41) is 11.7. The Balaban J connectivity index is 1.39. The number of thioether (sulfide) groups is 1. The Labute approximate surface area is 174 Å². The lowest BCUT2D eigenvalue weighted by Gasteiger charge is -2.19. The molecule has 1 amide bonds. The van der Waals surface area contributed by atoms with E-state index in [1.807, 2.05) is 25.2 Å². The van der Waals surface area contributed by atoms with Gasteiger partial charge in [-0.05, 0) is 35.2 Å². The van der Waals surface area contributed by atoms with Crippen LogP contribution in [0.25, 0.3) is 11.6 Å². The van der Waals surface area contributed by atoms with Crippen molar-refractivity contribution in [2.45, 2.75) is 31.3 Å². The minimum absolute atomic E-state index is 0.0794. The van der Waals surface area contributed by atoms with Gasteiger partial charge in [0.15, 0.2) is 16.7 Å². The summed E-state index contributed by atoms with van der Waals surface area (Å²) in [4.78, 5) is 12.1. The van der Waals surface area contributed by atoms with Crippen LogP contribution in [-0.2, 0) is 17.3 Å². The average molecular weight is 415 g/mol. The van der Waals surface area contributed by atoms with Gasteiger partial charge < -0.3 is 19.0 Å². The minimum atomic E-state index is -0.0794. The van der Waals surface area contributed by atoms with E-state index in [0.29, 0.717) is 29.9 Å². The zero-order valence-corrected chi connectivity index (χ0v) is 18.0. The van der Waals surface area contributed by atoms with Gasteiger partial charge in [-0.25, -0.2) is 0 Å². The van der Waals surface area contributed by atoms with Gasteiger partial charge in [0.1, 0.15) is 12.4 Å². The van der Waals surface area contributed by atoms with Gasteiger partial charge in [-0.3, -0.25) is 4.79 Å². The lowest BCUT2D eigenvalue weighted by Crippen LogP contribution is -2.29. The molecule has 29 heavy (non-hydrogen) atoms. The van der Waals surface area contributed by atoms with Crippen molar-refractivity contribution in [3.8, 4) is 17.3 Å². The van der Waals surface area contributed by atoms with E-state index < -0.39 is 0 Å². The average Bonchev–Trinajstić information content (AvgIpc) is 3.33. The van der Waals surface area contributed by atoms with Gasteiger partial charge in [0.2, 0.25) is 5.91 Å².